The molecule has 168 valence electrons. The molecule has 0 spiro atoms. The van der Waals surface area contributed by atoms with Gasteiger partial charge in [-0.25, -0.2) is 8.78 Å². The van der Waals surface area contributed by atoms with E-state index in [0.717, 1.165) is 6.42 Å². The molecule has 2 nitrogen and oxygen atoms in total. The summed E-state index contributed by atoms with van der Waals surface area (Å²) in [6.45, 7) is -0.764. The summed E-state index contributed by atoms with van der Waals surface area (Å²) in [7, 11) is 0. The van der Waals surface area contributed by atoms with Crippen LogP contribution in [0.1, 0.15) is 44.9 Å². The largest absolute Gasteiger partial charge is 0.465 e. The van der Waals surface area contributed by atoms with Crippen molar-refractivity contribution in [2.75, 3.05) is 6.61 Å². The summed E-state index contributed by atoms with van der Waals surface area (Å²) in [6, 6.07) is 0. The first-order chi connectivity index (χ1) is 13.1. The lowest BCUT2D eigenvalue weighted by Crippen LogP contribution is -2.42. The van der Waals surface area contributed by atoms with Gasteiger partial charge in [0.25, 0.3) is 5.92 Å². The molecule has 0 amide bonds. The molecule has 29 heavy (non-hydrogen) atoms. The van der Waals surface area contributed by atoms with Gasteiger partial charge in [-0.3, -0.25) is 4.79 Å². The van der Waals surface area contributed by atoms with E-state index in [-0.39, 0.29) is 11.8 Å². The van der Waals surface area contributed by atoms with Crippen LogP contribution in [0.5, 0.6) is 0 Å². The van der Waals surface area contributed by atoms with Crippen molar-refractivity contribution in [1.29, 1.82) is 0 Å². The molecular weight excluding hydrogens is 419 g/mol. The summed E-state index contributed by atoms with van der Waals surface area (Å²) in [5.74, 6) is -14.8. The fraction of sp³-hybridized carbons (Fsp3) is 0.833. The molecule has 0 aromatic carbocycles. The Balaban J connectivity index is 1.76. The second kappa shape index (κ2) is 8.37. The number of hydrogen-bond donors (Lipinski definition) is 0. The average Bonchev–Trinajstić information content (AvgIpc) is 3.21. The van der Waals surface area contributed by atoms with E-state index >= 15 is 0 Å². The predicted molar refractivity (Wildman–Crippen MR) is 83.8 cm³/mol. The van der Waals surface area contributed by atoms with E-state index < -0.39 is 74.5 Å². The van der Waals surface area contributed by atoms with Crippen LogP contribution in [0.2, 0.25) is 0 Å². The molecule has 2 aliphatic rings. The minimum absolute atomic E-state index is 0.00867. The van der Waals surface area contributed by atoms with Crippen molar-refractivity contribution in [2.24, 2.45) is 17.8 Å². The van der Waals surface area contributed by atoms with Crippen LogP contribution < -0.4 is 0 Å². The van der Waals surface area contributed by atoms with Crippen LogP contribution in [0.3, 0.4) is 0 Å². The Kier molecular flexibility index (Phi) is 6.89. The topological polar surface area (TPSA) is 26.3 Å². The molecule has 0 N–H and O–H groups in total. The van der Waals surface area contributed by atoms with Crippen molar-refractivity contribution in [1.82, 2.24) is 0 Å². The molecule has 3 unspecified atom stereocenters. The lowest BCUT2D eigenvalue weighted by Gasteiger charge is -2.28. The molecule has 0 aliphatic heterocycles. The molecule has 1 fully saturated rings. The quantitative estimate of drug-likeness (QED) is 0.231. The molecule has 0 radical (unpaired) electrons. The van der Waals surface area contributed by atoms with Crippen molar-refractivity contribution in [2.45, 2.75) is 68.9 Å². The minimum atomic E-state index is -5.07. The van der Waals surface area contributed by atoms with Gasteiger partial charge in [-0.2, -0.15) is 30.7 Å². The molecule has 0 saturated heterocycles. The zero-order valence-corrected chi connectivity index (χ0v) is 15.3. The number of esters is 1. The number of ether oxygens (including phenoxy) is 1. The van der Waals surface area contributed by atoms with E-state index in [1.165, 1.54) is 0 Å². The Morgan fingerprint density at radius 3 is 1.86 bits per heavy atom. The molecule has 2 bridgehead atoms. The highest BCUT2D eigenvalue weighted by molar-refractivity contribution is 5.74. The first-order valence-corrected chi connectivity index (χ1v) is 9.17. The molecule has 2 aliphatic carbocycles. The zero-order valence-electron chi connectivity index (χ0n) is 15.3. The Bertz CT molecular complexity index is 613. The second-order valence-corrected chi connectivity index (χ2v) is 7.68. The molecule has 0 aromatic heterocycles. The standard InChI is InChI=1S/C18H21F9O2/c19-15(20,3-4-16(21,22)17(23,24)5-6-18(25,26)27)7-8-29-14(28)13-10-11-1-2-12(13)9-11/h1-2,11-13H,3-10H2. The summed E-state index contributed by atoms with van der Waals surface area (Å²) in [5, 5.41) is 0. The van der Waals surface area contributed by atoms with Gasteiger partial charge in [0, 0.05) is 32.1 Å². The van der Waals surface area contributed by atoms with Gasteiger partial charge in [0.1, 0.15) is 0 Å². The highest BCUT2D eigenvalue weighted by Gasteiger charge is 2.57. The minimum Gasteiger partial charge on any atom is -0.465 e. The maximum absolute atomic E-state index is 13.7. The summed E-state index contributed by atoms with van der Waals surface area (Å²) in [6.07, 6.45) is -9.05. The van der Waals surface area contributed by atoms with Crippen molar-refractivity contribution in [3.05, 3.63) is 12.2 Å². The summed E-state index contributed by atoms with van der Waals surface area (Å²) >= 11 is 0. The first-order valence-electron chi connectivity index (χ1n) is 9.17. The number of fused-ring (bicyclic) bond motifs is 2. The number of hydrogen-bond acceptors (Lipinski definition) is 2. The van der Waals surface area contributed by atoms with Crippen LogP contribution in [0.15, 0.2) is 12.2 Å². The van der Waals surface area contributed by atoms with E-state index in [1.807, 2.05) is 12.2 Å². The Hall–Kier alpha value is -1.42. The molecule has 11 heteroatoms. The van der Waals surface area contributed by atoms with Crippen LogP contribution in [-0.2, 0) is 9.53 Å². The monoisotopic (exact) mass is 440 g/mol. The third kappa shape index (κ3) is 6.53. The summed E-state index contributed by atoms with van der Waals surface area (Å²) < 4.78 is 122. The number of allylic oxidation sites excluding steroid dienone is 2. The van der Waals surface area contributed by atoms with Gasteiger partial charge in [-0.05, 0) is 24.7 Å². The van der Waals surface area contributed by atoms with E-state index in [2.05, 4.69) is 0 Å². The molecular formula is C18H21F9O2. The van der Waals surface area contributed by atoms with Gasteiger partial charge >= 0.3 is 24.0 Å². The third-order valence-electron chi connectivity index (χ3n) is 5.36. The SMILES string of the molecule is O=C(OCCC(F)(F)CCC(F)(F)C(F)(F)CCC(F)(F)F)C1CC2C=CC1C2. The lowest BCUT2D eigenvalue weighted by molar-refractivity contribution is -0.235. The smallest absolute Gasteiger partial charge is 0.389 e. The van der Waals surface area contributed by atoms with Crippen molar-refractivity contribution in [3.8, 4) is 0 Å². The van der Waals surface area contributed by atoms with Crippen LogP contribution in [-0.4, -0.2) is 36.5 Å². The van der Waals surface area contributed by atoms with Gasteiger partial charge in [-0.15, -0.1) is 0 Å². The Morgan fingerprint density at radius 1 is 0.793 bits per heavy atom. The fourth-order valence-electron chi connectivity index (χ4n) is 3.59. The van der Waals surface area contributed by atoms with Crippen molar-refractivity contribution >= 4 is 5.97 Å². The van der Waals surface area contributed by atoms with Crippen LogP contribution in [0.4, 0.5) is 39.5 Å². The van der Waals surface area contributed by atoms with E-state index in [0.29, 0.717) is 6.42 Å². The number of alkyl halides is 9. The van der Waals surface area contributed by atoms with Crippen molar-refractivity contribution in [3.63, 3.8) is 0 Å². The maximum Gasteiger partial charge on any atom is 0.389 e. The van der Waals surface area contributed by atoms with Gasteiger partial charge in [0.05, 0.1) is 12.5 Å². The maximum atomic E-state index is 13.7. The zero-order chi connectivity index (χ0) is 22.1. The Morgan fingerprint density at radius 2 is 1.38 bits per heavy atom. The number of rotatable bonds is 10. The van der Waals surface area contributed by atoms with Crippen molar-refractivity contribution < 1.29 is 49.0 Å². The second-order valence-electron chi connectivity index (χ2n) is 7.68. The van der Waals surface area contributed by atoms with E-state index in [9.17, 15) is 44.3 Å². The highest BCUT2D eigenvalue weighted by atomic mass is 19.4. The number of carbonyl (C=O) groups is 1. The van der Waals surface area contributed by atoms with E-state index in [4.69, 9.17) is 4.74 Å². The molecule has 1 saturated carbocycles. The average molecular weight is 440 g/mol. The fourth-order valence-corrected chi connectivity index (χ4v) is 3.59. The first kappa shape index (κ1) is 23.9. The molecule has 0 aromatic rings. The van der Waals surface area contributed by atoms with Crippen LogP contribution in [0, 0.1) is 17.8 Å². The van der Waals surface area contributed by atoms with Crippen LogP contribution >= 0.6 is 0 Å². The number of halogens is 9. The highest BCUT2D eigenvalue weighted by Crippen LogP contribution is 2.45. The van der Waals surface area contributed by atoms with Gasteiger partial charge in [0.2, 0.25) is 0 Å². The Labute approximate surface area is 161 Å². The summed E-state index contributed by atoms with van der Waals surface area (Å²) in [5.41, 5.74) is 0. The molecule has 0 heterocycles. The normalized spacial score (nSPS) is 24.9. The lowest BCUT2D eigenvalue weighted by atomic mass is 9.94. The molecule has 3 atom stereocenters. The van der Waals surface area contributed by atoms with Gasteiger partial charge in [-0.1, -0.05) is 12.2 Å². The van der Waals surface area contributed by atoms with E-state index in [1.54, 1.807) is 0 Å². The predicted octanol–water partition coefficient (Wildman–Crippen LogP) is 6.16. The molecule has 2 rings (SSSR count). The van der Waals surface area contributed by atoms with Crippen LogP contribution in [0.25, 0.3) is 0 Å². The summed E-state index contributed by atoms with van der Waals surface area (Å²) in [4.78, 5) is 11.9. The number of carbonyl (C=O) groups excluding carboxylic acids is 1. The van der Waals surface area contributed by atoms with Gasteiger partial charge < -0.3 is 4.74 Å². The van der Waals surface area contributed by atoms with Gasteiger partial charge in [0.15, 0.2) is 0 Å². The third-order valence-corrected chi connectivity index (χ3v) is 5.36.